The number of hydrogen-bond acceptors (Lipinski definition) is 8. The Balaban J connectivity index is 2.19. The van der Waals surface area contributed by atoms with E-state index in [1.54, 1.807) is 24.4 Å². The number of anilines is 3. The first-order valence-corrected chi connectivity index (χ1v) is 7.30. The quantitative estimate of drug-likeness (QED) is 0.616. The number of benzene rings is 1. The van der Waals surface area contributed by atoms with Crippen molar-refractivity contribution in [1.82, 2.24) is 9.97 Å². The highest BCUT2D eigenvalue weighted by Gasteiger charge is 2.07. The molecule has 1 heterocycles. The minimum atomic E-state index is 0.0876. The van der Waals surface area contributed by atoms with Crippen molar-refractivity contribution in [1.29, 1.82) is 0 Å². The molecule has 0 saturated heterocycles. The predicted molar refractivity (Wildman–Crippen MR) is 96.6 cm³/mol. The lowest BCUT2D eigenvalue weighted by atomic mass is 10.2. The predicted octanol–water partition coefficient (Wildman–Crippen LogP) is 1.77. The van der Waals surface area contributed by atoms with E-state index in [-0.39, 0.29) is 5.75 Å². The molecule has 0 saturated carbocycles. The molecule has 1 aromatic carbocycles. The Morgan fingerprint density at radius 2 is 1.88 bits per heavy atom. The highest BCUT2D eigenvalue weighted by Crippen LogP contribution is 2.25. The maximum Gasteiger partial charge on any atom is 0.228 e. The van der Waals surface area contributed by atoms with Gasteiger partial charge in [0.1, 0.15) is 5.82 Å². The third-order valence-electron chi connectivity index (χ3n) is 3.16. The van der Waals surface area contributed by atoms with Gasteiger partial charge in [-0.2, -0.15) is 15.1 Å². The number of methoxy groups -OCH3 is 1. The summed E-state index contributed by atoms with van der Waals surface area (Å²) < 4.78 is 5.07. The van der Waals surface area contributed by atoms with Crippen LogP contribution >= 0.6 is 0 Å². The maximum atomic E-state index is 9.59. The fourth-order valence-corrected chi connectivity index (χ4v) is 1.86. The van der Waals surface area contributed by atoms with Crippen LogP contribution in [-0.4, -0.2) is 56.6 Å². The third-order valence-corrected chi connectivity index (χ3v) is 3.16. The molecule has 1 aromatic heterocycles. The van der Waals surface area contributed by atoms with Gasteiger partial charge < -0.3 is 19.6 Å². The second-order valence-corrected chi connectivity index (χ2v) is 5.50. The molecule has 0 unspecified atom stereocenters. The number of nitrogens with zero attached hydrogens (tertiary/aromatic N) is 5. The first-order chi connectivity index (χ1) is 11.4. The fraction of sp³-hybridized carbons (Fsp3) is 0.312. The van der Waals surface area contributed by atoms with Crippen LogP contribution in [0.3, 0.4) is 0 Å². The molecule has 2 N–H and O–H groups in total. The third kappa shape index (κ3) is 4.25. The van der Waals surface area contributed by atoms with Crippen molar-refractivity contribution in [2.24, 2.45) is 5.10 Å². The zero-order chi connectivity index (χ0) is 17.7. The molecule has 0 radical (unpaired) electrons. The highest BCUT2D eigenvalue weighted by atomic mass is 16.5. The van der Waals surface area contributed by atoms with Crippen LogP contribution < -0.4 is 20.0 Å². The van der Waals surface area contributed by atoms with Crippen molar-refractivity contribution in [2.45, 2.75) is 0 Å². The summed E-state index contributed by atoms with van der Waals surface area (Å²) in [6, 6.07) is 6.79. The van der Waals surface area contributed by atoms with E-state index in [4.69, 9.17) is 4.74 Å². The molecule has 8 nitrogen and oxygen atoms in total. The molecule has 2 aromatic rings. The molecule has 8 heteroatoms. The monoisotopic (exact) mass is 330 g/mol. The van der Waals surface area contributed by atoms with Gasteiger partial charge in [-0.15, -0.1) is 0 Å². The van der Waals surface area contributed by atoms with Crippen LogP contribution in [0.4, 0.5) is 17.6 Å². The zero-order valence-corrected chi connectivity index (χ0v) is 14.5. The van der Waals surface area contributed by atoms with Gasteiger partial charge in [0.15, 0.2) is 17.3 Å². The van der Waals surface area contributed by atoms with Crippen molar-refractivity contribution in [3.63, 3.8) is 0 Å². The second-order valence-electron chi connectivity index (χ2n) is 5.50. The molecule has 0 fully saturated rings. The Kier molecular flexibility index (Phi) is 5.41. The standard InChI is InChI=1S/C16H22N6O2/c1-21(2)15-9-14(18-16(19-15)22(3)4)20-17-10-11-6-7-12(23)13(8-11)24-5/h6-10,23H,1-5H3,(H,18,19,20)/b17-10+. The van der Waals surface area contributed by atoms with Gasteiger partial charge in [-0.1, -0.05) is 0 Å². The Hall–Kier alpha value is -3.03. The van der Waals surface area contributed by atoms with Crippen LogP contribution in [0, 0.1) is 0 Å². The lowest BCUT2D eigenvalue weighted by molar-refractivity contribution is 0.373. The second kappa shape index (κ2) is 7.49. The van der Waals surface area contributed by atoms with Gasteiger partial charge in [-0.05, 0) is 23.8 Å². The van der Waals surface area contributed by atoms with Crippen molar-refractivity contribution < 1.29 is 9.84 Å². The molecule has 0 aliphatic carbocycles. The average molecular weight is 330 g/mol. The van der Waals surface area contributed by atoms with Crippen LogP contribution in [0.25, 0.3) is 0 Å². The van der Waals surface area contributed by atoms with E-state index in [9.17, 15) is 5.11 Å². The fourth-order valence-electron chi connectivity index (χ4n) is 1.86. The van der Waals surface area contributed by atoms with Crippen molar-refractivity contribution in [3.05, 3.63) is 29.8 Å². The first-order valence-electron chi connectivity index (χ1n) is 7.30. The summed E-state index contributed by atoms with van der Waals surface area (Å²) in [6.07, 6.45) is 1.62. The molecule has 0 aliphatic heterocycles. The zero-order valence-electron chi connectivity index (χ0n) is 14.5. The van der Waals surface area contributed by atoms with Gasteiger partial charge in [-0.25, -0.2) is 0 Å². The van der Waals surface area contributed by atoms with Crippen molar-refractivity contribution in [2.75, 3.05) is 50.5 Å². The SMILES string of the molecule is COc1cc(/C=N/Nc2cc(N(C)C)nc(N(C)C)n2)ccc1O. The number of nitrogens with one attached hydrogen (secondary N) is 1. The van der Waals surface area contributed by atoms with E-state index in [0.717, 1.165) is 11.4 Å². The summed E-state index contributed by atoms with van der Waals surface area (Å²) in [5, 5.41) is 13.8. The first kappa shape index (κ1) is 17.3. The Labute approximate surface area is 141 Å². The number of aromatic hydroxyl groups is 1. The van der Waals surface area contributed by atoms with Crippen LogP contribution in [0.5, 0.6) is 11.5 Å². The average Bonchev–Trinajstić information content (AvgIpc) is 2.56. The van der Waals surface area contributed by atoms with Crippen molar-refractivity contribution in [3.8, 4) is 11.5 Å². The maximum absolute atomic E-state index is 9.59. The van der Waals surface area contributed by atoms with Gasteiger partial charge >= 0.3 is 0 Å². The summed E-state index contributed by atoms with van der Waals surface area (Å²) in [6.45, 7) is 0. The van der Waals surface area contributed by atoms with Gasteiger partial charge in [0.05, 0.1) is 13.3 Å². The van der Waals surface area contributed by atoms with Gasteiger partial charge in [0.2, 0.25) is 5.95 Å². The number of aromatic nitrogens is 2. The molecule has 0 atom stereocenters. The van der Waals surface area contributed by atoms with E-state index < -0.39 is 0 Å². The van der Waals surface area contributed by atoms with E-state index >= 15 is 0 Å². The molecule has 24 heavy (non-hydrogen) atoms. The molecule has 128 valence electrons. The Morgan fingerprint density at radius 3 is 2.50 bits per heavy atom. The summed E-state index contributed by atoms with van der Waals surface area (Å²) in [5.41, 5.74) is 3.68. The van der Waals surface area contributed by atoms with Crippen LogP contribution in [0.15, 0.2) is 29.4 Å². The number of rotatable bonds is 6. The molecular formula is C16H22N6O2. The lowest BCUT2D eigenvalue weighted by Crippen LogP contribution is -2.17. The summed E-state index contributed by atoms with van der Waals surface area (Å²) in [4.78, 5) is 12.6. The number of phenolic OH excluding ortho intramolecular Hbond substituents is 1. The van der Waals surface area contributed by atoms with E-state index in [0.29, 0.717) is 17.5 Å². The number of phenols is 1. The summed E-state index contributed by atoms with van der Waals surface area (Å²) >= 11 is 0. The molecule has 2 rings (SSSR count). The normalized spacial score (nSPS) is 10.7. The van der Waals surface area contributed by atoms with E-state index in [1.807, 2.05) is 44.1 Å². The Morgan fingerprint density at radius 1 is 1.12 bits per heavy atom. The number of ether oxygens (including phenoxy) is 1. The van der Waals surface area contributed by atoms with Crippen LogP contribution in [0.2, 0.25) is 0 Å². The molecule has 0 amide bonds. The Bertz CT molecular complexity index is 704. The minimum Gasteiger partial charge on any atom is -0.504 e. The van der Waals surface area contributed by atoms with Crippen LogP contribution in [-0.2, 0) is 0 Å². The highest BCUT2D eigenvalue weighted by molar-refractivity contribution is 5.81. The van der Waals surface area contributed by atoms with Gasteiger partial charge in [0, 0.05) is 34.3 Å². The van der Waals surface area contributed by atoms with Crippen LogP contribution in [0.1, 0.15) is 5.56 Å². The summed E-state index contributed by atoms with van der Waals surface area (Å²) in [7, 11) is 9.09. The molecule has 0 bridgehead atoms. The number of hydrazone groups is 1. The molecule has 0 spiro atoms. The molecule has 0 aliphatic rings. The smallest absolute Gasteiger partial charge is 0.228 e. The van der Waals surface area contributed by atoms with Gasteiger partial charge in [0.25, 0.3) is 0 Å². The van der Waals surface area contributed by atoms with E-state index in [1.165, 1.54) is 7.11 Å². The molecular weight excluding hydrogens is 308 g/mol. The van der Waals surface area contributed by atoms with Gasteiger partial charge in [-0.3, -0.25) is 5.43 Å². The van der Waals surface area contributed by atoms with E-state index in [2.05, 4.69) is 20.5 Å². The largest absolute Gasteiger partial charge is 0.504 e. The topological polar surface area (TPSA) is 86.1 Å². The van der Waals surface area contributed by atoms with Crippen molar-refractivity contribution >= 4 is 23.8 Å². The minimum absolute atomic E-state index is 0.0876. The summed E-state index contributed by atoms with van der Waals surface area (Å²) in [5.74, 6) is 2.43. The lowest BCUT2D eigenvalue weighted by Gasteiger charge is -2.16. The number of hydrogen-bond donors (Lipinski definition) is 2.